The Morgan fingerprint density at radius 2 is 2.00 bits per heavy atom. The van der Waals surface area contributed by atoms with Gasteiger partial charge in [0.2, 0.25) is 0 Å². The van der Waals surface area contributed by atoms with Gasteiger partial charge in [-0.1, -0.05) is 12.1 Å². The van der Waals surface area contributed by atoms with Crippen molar-refractivity contribution in [2.24, 2.45) is 0 Å². The van der Waals surface area contributed by atoms with Gasteiger partial charge in [-0.3, -0.25) is 4.79 Å². The Hall–Kier alpha value is -1.92. The molecule has 0 aliphatic carbocycles. The van der Waals surface area contributed by atoms with E-state index in [4.69, 9.17) is 0 Å². The van der Waals surface area contributed by atoms with E-state index >= 15 is 0 Å². The van der Waals surface area contributed by atoms with Crippen LogP contribution in [0.4, 0.5) is 11.5 Å². The zero-order chi connectivity index (χ0) is 15.9. The summed E-state index contributed by atoms with van der Waals surface area (Å²) in [6.07, 6.45) is 1.71. The second-order valence-electron chi connectivity index (χ2n) is 5.10. The molecule has 5 nitrogen and oxygen atoms in total. The van der Waals surface area contributed by atoms with Gasteiger partial charge in [0.15, 0.2) is 0 Å². The standard InChI is InChI=1S/C16H19BrN4O/c1-21(2)10-9-18-12-7-8-15(19-11-12)20-16(22)13-5-3-4-6-14(13)17/h3-8,11,18H,9-10H2,1-2H3,(H,19,20,22). The number of carbonyl (C=O) groups is 1. The van der Waals surface area contributed by atoms with Crippen molar-refractivity contribution < 1.29 is 4.79 Å². The molecule has 1 amide bonds. The Labute approximate surface area is 138 Å². The topological polar surface area (TPSA) is 57.3 Å². The van der Waals surface area contributed by atoms with Crippen molar-refractivity contribution in [2.45, 2.75) is 0 Å². The van der Waals surface area contributed by atoms with E-state index in [1.165, 1.54) is 0 Å². The third kappa shape index (κ3) is 4.82. The number of nitrogens with one attached hydrogen (secondary N) is 2. The fourth-order valence-corrected chi connectivity index (χ4v) is 2.29. The van der Waals surface area contributed by atoms with Gasteiger partial charge in [-0.05, 0) is 54.3 Å². The molecule has 1 aromatic carbocycles. The molecular weight excluding hydrogens is 344 g/mol. The number of carbonyl (C=O) groups excluding carboxylic acids is 1. The monoisotopic (exact) mass is 362 g/mol. The van der Waals surface area contributed by atoms with Crippen molar-refractivity contribution in [2.75, 3.05) is 37.8 Å². The largest absolute Gasteiger partial charge is 0.383 e. The van der Waals surface area contributed by atoms with Crippen LogP contribution in [0.15, 0.2) is 47.1 Å². The van der Waals surface area contributed by atoms with Gasteiger partial charge in [0.05, 0.1) is 17.4 Å². The Bertz CT molecular complexity index is 628. The molecule has 0 unspecified atom stereocenters. The van der Waals surface area contributed by atoms with Crippen LogP contribution < -0.4 is 10.6 Å². The van der Waals surface area contributed by atoms with Gasteiger partial charge in [-0.25, -0.2) is 4.98 Å². The highest BCUT2D eigenvalue weighted by Crippen LogP contribution is 2.17. The Balaban J connectivity index is 1.94. The molecule has 1 heterocycles. The first-order valence-corrected chi connectivity index (χ1v) is 7.76. The third-order valence-electron chi connectivity index (χ3n) is 3.01. The summed E-state index contributed by atoms with van der Waals surface area (Å²) in [6.45, 7) is 1.79. The van der Waals surface area contributed by atoms with E-state index in [1.807, 2.05) is 38.4 Å². The van der Waals surface area contributed by atoms with Crippen LogP contribution in [0.25, 0.3) is 0 Å². The maximum Gasteiger partial charge on any atom is 0.257 e. The second-order valence-corrected chi connectivity index (χ2v) is 5.95. The molecule has 0 fully saturated rings. The molecule has 6 heteroatoms. The molecular formula is C16H19BrN4O. The quantitative estimate of drug-likeness (QED) is 0.828. The van der Waals surface area contributed by atoms with Gasteiger partial charge < -0.3 is 15.5 Å². The number of hydrogen-bond donors (Lipinski definition) is 2. The molecule has 0 aliphatic rings. The van der Waals surface area contributed by atoms with E-state index in [1.54, 1.807) is 18.3 Å². The maximum atomic E-state index is 12.2. The molecule has 0 spiro atoms. The van der Waals surface area contributed by atoms with Gasteiger partial charge in [0.25, 0.3) is 5.91 Å². The predicted molar refractivity (Wildman–Crippen MR) is 93.4 cm³/mol. The first-order chi connectivity index (χ1) is 10.6. The predicted octanol–water partition coefficient (Wildman–Crippen LogP) is 3.07. The number of nitrogens with zero attached hydrogens (tertiary/aromatic N) is 2. The van der Waals surface area contributed by atoms with Crippen LogP contribution in [0.2, 0.25) is 0 Å². The highest BCUT2D eigenvalue weighted by molar-refractivity contribution is 9.10. The minimum Gasteiger partial charge on any atom is -0.383 e. The van der Waals surface area contributed by atoms with Crippen LogP contribution in [-0.2, 0) is 0 Å². The summed E-state index contributed by atoms with van der Waals surface area (Å²) in [5.74, 6) is 0.340. The van der Waals surface area contributed by atoms with Crippen LogP contribution in [0.5, 0.6) is 0 Å². The SMILES string of the molecule is CN(C)CCNc1ccc(NC(=O)c2ccccc2Br)nc1. The van der Waals surface area contributed by atoms with Crippen molar-refractivity contribution in [1.82, 2.24) is 9.88 Å². The van der Waals surface area contributed by atoms with Crippen molar-refractivity contribution >= 4 is 33.3 Å². The summed E-state index contributed by atoms with van der Waals surface area (Å²) in [6, 6.07) is 11.0. The lowest BCUT2D eigenvalue weighted by Gasteiger charge is -2.11. The number of rotatable bonds is 6. The van der Waals surface area contributed by atoms with Gasteiger partial charge >= 0.3 is 0 Å². The first-order valence-electron chi connectivity index (χ1n) is 6.97. The average Bonchev–Trinajstić information content (AvgIpc) is 2.49. The molecule has 0 aliphatic heterocycles. The average molecular weight is 363 g/mol. The lowest BCUT2D eigenvalue weighted by molar-refractivity contribution is 0.102. The van der Waals surface area contributed by atoms with Crippen molar-refractivity contribution in [1.29, 1.82) is 0 Å². The van der Waals surface area contributed by atoms with Crippen LogP contribution >= 0.6 is 15.9 Å². The molecule has 2 aromatic rings. The molecule has 0 saturated carbocycles. The van der Waals surface area contributed by atoms with E-state index in [0.717, 1.165) is 23.2 Å². The second kappa shape index (κ2) is 7.91. The summed E-state index contributed by atoms with van der Waals surface area (Å²) >= 11 is 3.37. The number of aromatic nitrogens is 1. The van der Waals surface area contributed by atoms with Crippen LogP contribution in [-0.4, -0.2) is 43.0 Å². The normalized spacial score (nSPS) is 10.5. The Morgan fingerprint density at radius 3 is 2.64 bits per heavy atom. The fourth-order valence-electron chi connectivity index (χ4n) is 1.83. The van der Waals surface area contributed by atoms with Crippen molar-refractivity contribution in [3.05, 3.63) is 52.6 Å². The van der Waals surface area contributed by atoms with Gasteiger partial charge in [0.1, 0.15) is 5.82 Å². The highest BCUT2D eigenvalue weighted by Gasteiger charge is 2.09. The first kappa shape index (κ1) is 16.5. The molecule has 2 rings (SSSR count). The summed E-state index contributed by atoms with van der Waals surface area (Å²) in [5, 5.41) is 6.06. The molecule has 22 heavy (non-hydrogen) atoms. The summed E-state index contributed by atoms with van der Waals surface area (Å²) in [5.41, 5.74) is 1.51. The Morgan fingerprint density at radius 1 is 1.23 bits per heavy atom. The highest BCUT2D eigenvalue weighted by atomic mass is 79.9. The number of benzene rings is 1. The lowest BCUT2D eigenvalue weighted by Crippen LogP contribution is -2.20. The Kier molecular flexibility index (Phi) is 5.91. The number of anilines is 2. The number of amides is 1. The van der Waals surface area contributed by atoms with E-state index in [-0.39, 0.29) is 5.91 Å². The number of halogens is 1. The zero-order valence-corrected chi connectivity index (χ0v) is 14.2. The van der Waals surface area contributed by atoms with E-state index < -0.39 is 0 Å². The van der Waals surface area contributed by atoms with Crippen LogP contribution in [0, 0.1) is 0 Å². The third-order valence-corrected chi connectivity index (χ3v) is 3.70. The van der Waals surface area contributed by atoms with E-state index in [2.05, 4.69) is 36.4 Å². The number of likely N-dealkylation sites (N-methyl/N-ethyl adjacent to an activating group) is 1. The molecule has 0 atom stereocenters. The minimum absolute atomic E-state index is 0.187. The smallest absolute Gasteiger partial charge is 0.257 e. The molecule has 116 valence electrons. The maximum absolute atomic E-state index is 12.2. The fraction of sp³-hybridized carbons (Fsp3) is 0.250. The van der Waals surface area contributed by atoms with Gasteiger partial charge in [-0.2, -0.15) is 0 Å². The molecule has 0 saturated heterocycles. The molecule has 0 bridgehead atoms. The summed E-state index contributed by atoms with van der Waals surface area (Å²) in [7, 11) is 4.06. The molecule has 2 N–H and O–H groups in total. The number of pyridine rings is 1. The lowest BCUT2D eigenvalue weighted by atomic mass is 10.2. The molecule has 1 aromatic heterocycles. The summed E-state index contributed by atoms with van der Waals surface area (Å²) < 4.78 is 0.759. The zero-order valence-electron chi connectivity index (χ0n) is 12.6. The van der Waals surface area contributed by atoms with Crippen molar-refractivity contribution in [3.8, 4) is 0 Å². The minimum atomic E-state index is -0.187. The van der Waals surface area contributed by atoms with Crippen LogP contribution in [0.3, 0.4) is 0 Å². The number of hydrogen-bond acceptors (Lipinski definition) is 4. The van der Waals surface area contributed by atoms with E-state index in [9.17, 15) is 4.79 Å². The van der Waals surface area contributed by atoms with Gasteiger partial charge in [-0.15, -0.1) is 0 Å². The van der Waals surface area contributed by atoms with Crippen LogP contribution in [0.1, 0.15) is 10.4 Å². The summed E-state index contributed by atoms with van der Waals surface area (Å²) in [4.78, 5) is 18.5. The molecule has 0 radical (unpaired) electrons. The van der Waals surface area contributed by atoms with E-state index in [0.29, 0.717) is 11.4 Å². The van der Waals surface area contributed by atoms with Gasteiger partial charge in [0, 0.05) is 17.6 Å². The van der Waals surface area contributed by atoms with Crippen molar-refractivity contribution in [3.63, 3.8) is 0 Å².